The zero-order chi connectivity index (χ0) is 10.8. The van der Waals surface area contributed by atoms with Crippen LogP contribution in [0.3, 0.4) is 0 Å². The van der Waals surface area contributed by atoms with Gasteiger partial charge in [0.2, 0.25) is 0 Å². The van der Waals surface area contributed by atoms with Crippen molar-refractivity contribution in [2.45, 2.75) is 26.6 Å². The zero-order valence-electron chi connectivity index (χ0n) is 8.88. The van der Waals surface area contributed by atoms with Crippen LogP contribution in [0.5, 0.6) is 0 Å². The number of hydrogen-bond donors (Lipinski definition) is 1. The molecule has 2 rings (SSSR count). The Hall–Kier alpha value is -0.800. The van der Waals surface area contributed by atoms with Gasteiger partial charge in [-0.3, -0.25) is 0 Å². The molecule has 1 heterocycles. The van der Waals surface area contributed by atoms with E-state index in [-0.39, 0.29) is 6.10 Å². The van der Waals surface area contributed by atoms with Crippen LogP contribution in [0.15, 0.2) is 28.9 Å². The van der Waals surface area contributed by atoms with Crippen LogP contribution in [0.25, 0.3) is 10.9 Å². The number of halogens is 1. The third kappa shape index (κ3) is 2.24. The minimum absolute atomic E-state index is 0.266. The van der Waals surface area contributed by atoms with E-state index in [0.717, 1.165) is 9.99 Å². The van der Waals surface area contributed by atoms with E-state index in [9.17, 15) is 0 Å². The van der Waals surface area contributed by atoms with Crippen molar-refractivity contribution in [2.75, 3.05) is 0 Å². The number of aromatic nitrogens is 1. The van der Waals surface area contributed by atoms with Gasteiger partial charge in [0.1, 0.15) is 0 Å². The van der Waals surface area contributed by atoms with Crippen molar-refractivity contribution in [3.8, 4) is 0 Å². The van der Waals surface area contributed by atoms with E-state index in [1.807, 2.05) is 32.2 Å². The van der Waals surface area contributed by atoms with Gasteiger partial charge in [-0.05, 0) is 35.8 Å². The second-order valence-corrected chi connectivity index (χ2v) is 4.69. The number of para-hydroxylation sites is 1. The lowest BCUT2D eigenvalue weighted by Gasteiger charge is -2.06. The highest BCUT2D eigenvalue weighted by Crippen LogP contribution is 2.26. The summed E-state index contributed by atoms with van der Waals surface area (Å²) in [7, 11) is 0. The van der Waals surface area contributed by atoms with Gasteiger partial charge < -0.3 is 9.72 Å². The van der Waals surface area contributed by atoms with Gasteiger partial charge in [0.25, 0.3) is 0 Å². The quantitative estimate of drug-likeness (QED) is 0.898. The molecule has 0 unspecified atom stereocenters. The molecule has 1 N–H and O–H groups in total. The molecule has 0 aliphatic heterocycles. The van der Waals surface area contributed by atoms with Crippen molar-refractivity contribution in [3.63, 3.8) is 0 Å². The van der Waals surface area contributed by atoms with Crippen LogP contribution in [0, 0.1) is 0 Å². The van der Waals surface area contributed by atoms with Crippen LogP contribution in [-0.2, 0) is 11.3 Å². The number of nitrogens with one attached hydrogen (secondary N) is 1. The highest BCUT2D eigenvalue weighted by atomic mass is 79.9. The number of hydrogen-bond acceptors (Lipinski definition) is 1. The predicted octanol–water partition coefficient (Wildman–Crippen LogP) is 3.86. The molecule has 2 aromatic rings. The van der Waals surface area contributed by atoms with Crippen molar-refractivity contribution in [1.82, 2.24) is 4.98 Å². The summed E-state index contributed by atoms with van der Waals surface area (Å²) in [5.41, 5.74) is 2.35. The maximum absolute atomic E-state index is 5.60. The van der Waals surface area contributed by atoms with E-state index in [2.05, 4.69) is 27.0 Å². The zero-order valence-corrected chi connectivity index (χ0v) is 10.5. The van der Waals surface area contributed by atoms with Crippen LogP contribution in [0.1, 0.15) is 19.4 Å². The third-order valence-corrected chi connectivity index (χ3v) is 2.98. The molecule has 0 radical (unpaired) electrons. The van der Waals surface area contributed by atoms with E-state index in [1.165, 1.54) is 10.9 Å². The molecule has 15 heavy (non-hydrogen) atoms. The molecule has 0 amide bonds. The highest BCUT2D eigenvalue weighted by Gasteiger charge is 2.06. The molecule has 2 nitrogen and oxygen atoms in total. The molecule has 0 spiro atoms. The van der Waals surface area contributed by atoms with Gasteiger partial charge in [0.05, 0.1) is 18.2 Å². The van der Waals surface area contributed by atoms with E-state index >= 15 is 0 Å². The monoisotopic (exact) mass is 267 g/mol. The fraction of sp³-hybridized carbons (Fsp3) is 0.333. The Kier molecular flexibility index (Phi) is 3.12. The normalized spacial score (nSPS) is 11.5. The summed E-state index contributed by atoms with van der Waals surface area (Å²) in [5, 5.41) is 1.23. The van der Waals surface area contributed by atoms with Crippen LogP contribution in [-0.4, -0.2) is 11.1 Å². The predicted molar refractivity (Wildman–Crippen MR) is 65.9 cm³/mol. The van der Waals surface area contributed by atoms with Crippen molar-refractivity contribution in [1.29, 1.82) is 0 Å². The van der Waals surface area contributed by atoms with E-state index in [1.54, 1.807) is 0 Å². The molecule has 0 fully saturated rings. The first-order chi connectivity index (χ1) is 7.18. The summed E-state index contributed by atoms with van der Waals surface area (Å²) in [6.07, 6.45) is 2.28. The molecule has 0 bridgehead atoms. The van der Waals surface area contributed by atoms with E-state index in [0.29, 0.717) is 6.61 Å². The molecule has 0 aliphatic rings. The number of H-pyrrole nitrogens is 1. The molecule has 0 aliphatic carbocycles. The molecular weight excluding hydrogens is 254 g/mol. The van der Waals surface area contributed by atoms with Gasteiger partial charge in [0, 0.05) is 21.6 Å². The molecule has 0 atom stereocenters. The van der Waals surface area contributed by atoms with Gasteiger partial charge in [0.15, 0.2) is 0 Å². The van der Waals surface area contributed by atoms with Crippen molar-refractivity contribution >= 4 is 26.8 Å². The van der Waals surface area contributed by atoms with Crippen molar-refractivity contribution < 1.29 is 4.74 Å². The minimum atomic E-state index is 0.266. The minimum Gasteiger partial charge on any atom is -0.374 e. The first-order valence-electron chi connectivity index (χ1n) is 5.04. The summed E-state index contributed by atoms with van der Waals surface area (Å²) >= 11 is 3.52. The number of aromatic amines is 1. The smallest absolute Gasteiger partial charge is 0.0741 e. The summed E-state index contributed by atoms with van der Waals surface area (Å²) in [6, 6.07) is 6.18. The lowest BCUT2D eigenvalue weighted by Crippen LogP contribution is -2.01. The van der Waals surface area contributed by atoms with Crippen LogP contribution < -0.4 is 0 Å². The van der Waals surface area contributed by atoms with E-state index in [4.69, 9.17) is 4.74 Å². The Morgan fingerprint density at radius 3 is 2.93 bits per heavy atom. The largest absolute Gasteiger partial charge is 0.374 e. The van der Waals surface area contributed by atoms with Gasteiger partial charge in [-0.15, -0.1) is 0 Å². The molecule has 0 saturated heterocycles. The first-order valence-corrected chi connectivity index (χ1v) is 5.84. The molecule has 1 aromatic heterocycles. The topological polar surface area (TPSA) is 25.0 Å². The molecule has 3 heteroatoms. The standard InChI is InChI=1S/C12H14BrNO/c1-8(2)15-7-9-6-14-12-10(9)4-3-5-11(12)13/h3-6,8,14H,7H2,1-2H3. The summed E-state index contributed by atoms with van der Waals surface area (Å²) in [4.78, 5) is 3.25. The van der Waals surface area contributed by atoms with Gasteiger partial charge >= 0.3 is 0 Å². The van der Waals surface area contributed by atoms with Crippen LogP contribution in [0.2, 0.25) is 0 Å². The summed E-state index contributed by atoms with van der Waals surface area (Å²) < 4.78 is 6.69. The van der Waals surface area contributed by atoms with Crippen LogP contribution in [0.4, 0.5) is 0 Å². The second-order valence-electron chi connectivity index (χ2n) is 3.84. The summed E-state index contributed by atoms with van der Waals surface area (Å²) in [6.45, 7) is 4.75. The Morgan fingerprint density at radius 2 is 2.20 bits per heavy atom. The average molecular weight is 268 g/mol. The fourth-order valence-electron chi connectivity index (χ4n) is 1.55. The van der Waals surface area contributed by atoms with Crippen molar-refractivity contribution in [3.05, 3.63) is 34.4 Å². The first kappa shape index (κ1) is 10.7. The number of ether oxygens (including phenoxy) is 1. The maximum atomic E-state index is 5.60. The lowest BCUT2D eigenvalue weighted by atomic mass is 10.2. The van der Waals surface area contributed by atoms with Crippen molar-refractivity contribution in [2.24, 2.45) is 0 Å². The molecular formula is C12H14BrNO. The third-order valence-electron chi connectivity index (χ3n) is 2.32. The Balaban J connectivity index is 2.33. The Labute approximate surface area is 97.8 Å². The fourth-order valence-corrected chi connectivity index (χ4v) is 2.03. The number of fused-ring (bicyclic) bond motifs is 1. The number of rotatable bonds is 3. The second kappa shape index (κ2) is 4.37. The average Bonchev–Trinajstić information content (AvgIpc) is 2.59. The number of benzene rings is 1. The molecule has 80 valence electrons. The van der Waals surface area contributed by atoms with Gasteiger partial charge in [-0.25, -0.2) is 0 Å². The van der Waals surface area contributed by atoms with Crippen LogP contribution >= 0.6 is 15.9 Å². The Morgan fingerprint density at radius 1 is 1.40 bits per heavy atom. The SMILES string of the molecule is CC(C)OCc1c[nH]c2c(Br)cccc12. The maximum Gasteiger partial charge on any atom is 0.0741 e. The van der Waals surface area contributed by atoms with Gasteiger partial charge in [-0.2, -0.15) is 0 Å². The summed E-state index contributed by atoms with van der Waals surface area (Å²) in [5.74, 6) is 0. The van der Waals surface area contributed by atoms with Gasteiger partial charge in [-0.1, -0.05) is 12.1 Å². The highest BCUT2D eigenvalue weighted by molar-refractivity contribution is 9.10. The molecule has 0 saturated carbocycles. The molecule has 1 aromatic carbocycles. The van der Waals surface area contributed by atoms with E-state index < -0.39 is 0 Å². The Bertz CT molecular complexity index is 462. The lowest BCUT2D eigenvalue weighted by molar-refractivity contribution is 0.0664.